The third-order valence-corrected chi connectivity index (χ3v) is 4.24. The smallest absolute Gasteiger partial charge is 0.309 e. The highest BCUT2D eigenvalue weighted by molar-refractivity contribution is 6.33. The van der Waals surface area contributed by atoms with Crippen molar-refractivity contribution in [1.82, 2.24) is 0 Å². The summed E-state index contributed by atoms with van der Waals surface area (Å²) in [6, 6.07) is 3.85. The summed E-state index contributed by atoms with van der Waals surface area (Å²) in [6.45, 7) is 3.97. The normalized spacial score (nSPS) is 20.8. The topological polar surface area (TPSA) is 59.8 Å². The molecule has 0 aromatic heterocycles. The molecule has 2 rings (SSSR count). The highest BCUT2D eigenvalue weighted by Gasteiger charge is 2.29. The van der Waals surface area contributed by atoms with Crippen LogP contribution in [-0.4, -0.2) is 38.1 Å². The molecule has 1 aliphatic rings. The SMILES string of the molecule is CCOC(=O)C1CC[NH+](CC(=O)Nc2ccc(F)cc2Cl)CC1. The van der Waals surface area contributed by atoms with Gasteiger partial charge in [-0.05, 0) is 25.1 Å². The molecule has 0 unspecified atom stereocenters. The van der Waals surface area contributed by atoms with E-state index in [4.69, 9.17) is 16.3 Å². The lowest BCUT2D eigenvalue weighted by Crippen LogP contribution is -3.14. The minimum absolute atomic E-state index is 0.0618. The van der Waals surface area contributed by atoms with Crippen LogP contribution in [0, 0.1) is 11.7 Å². The predicted octanol–water partition coefficient (Wildman–Crippen LogP) is 1.28. The number of piperidine rings is 1. The monoisotopic (exact) mass is 343 g/mol. The largest absolute Gasteiger partial charge is 0.466 e. The van der Waals surface area contributed by atoms with Crippen LogP contribution >= 0.6 is 11.6 Å². The van der Waals surface area contributed by atoms with Crippen molar-refractivity contribution < 1.29 is 23.6 Å². The summed E-state index contributed by atoms with van der Waals surface area (Å²) in [4.78, 5) is 24.8. The van der Waals surface area contributed by atoms with Gasteiger partial charge in [-0.3, -0.25) is 9.59 Å². The van der Waals surface area contributed by atoms with Crippen LogP contribution < -0.4 is 10.2 Å². The van der Waals surface area contributed by atoms with E-state index in [0.29, 0.717) is 18.8 Å². The Morgan fingerprint density at radius 3 is 2.70 bits per heavy atom. The summed E-state index contributed by atoms with van der Waals surface area (Å²) < 4.78 is 18.0. The Labute approximate surface area is 139 Å². The van der Waals surface area contributed by atoms with Gasteiger partial charge < -0.3 is 15.0 Å². The molecule has 1 aliphatic heterocycles. The number of benzene rings is 1. The van der Waals surface area contributed by atoms with E-state index in [9.17, 15) is 14.0 Å². The summed E-state index contributed by atoms with van der Waals surface area (Å²) >= 11 is 5.89. The van der Waals surface area contributed by atoms with Crippen molar-refractivity contribution in [3.05, 3.63) is 29.0 Å². The van der Waals surface area contributed by atoms with Crippen molar-refractivity contribution in [3.8, 4) is 0 Å². The molecule has 1 saturated heterocycles. The average molecular weight is 344 g/mol. The molecule has 0 spiro atoms. The number of anilines is 1. The van der Waals surface area contributed by atoms with E-state index in [1.165, 1.54) is 12.1 Å². The van der Waals surface area contributed by atoms with Crippen LogP contribution in [0.5, 0.6) is 0 Å². The van der Waals surface area contributed by atoms with E-state index in [2.05, 4.69) is 5.32 Å². The number of amides is 1. The maximum atomic E-state index is 13.0. The minimum Gasteiger partial charge on any atom is -0.466 e. The Hall–Kier alpha value is -1.66. The Bertz CT molecular complexity index is 574. The molecule has 0 bridgehead atoms. The summed E-state index contributed by atoms with van der Waals surface area (Å²) in [5.41, 5.74) is 0.402. The molecule has 1 aromatic carbocycles. The van der Waals surface area contributed by atoms with E-state index >= 15 is 0 Å². The Morgan fingerprint density at radius 1 is 1.39 bits per heavy atom. The Balaban J connectivity index is 1.79. The first-order valence-corrected chi connectivity index (χ1v) is 8.12. The van der Waals surface area contributed by atoms with Gasteiger partial charge in [-0.1, -0.05) is 11.6 Å². The second-order valence-corrected chi connectivity index (χ2v) is 6.03. The van der Waals surface area contributed by atoms with E-state index < -0.39 is 5.82 Å². The van der Waals surface area contributed by atoms with E-state index in [-0.39, 0.29) is 22.8 Å². The van der Waals surface area contributed by atoms with Gasteiger partial charge in [0.2, 0.25) is 0 Å². The van der Waals surface area contributed by atoms with Crippen molar-refractivity contribution in [2.45, 2.75) is 19.8 Å². The van der Waals surface area contributed by atoms with Crippen LogP contribution in [0.25, 0.3) is 0 Å². The lowest BCUT2D eigenvalue weighted by atomic mass is 9.97. The first-order valence-electron chi connectivity index (χ1n) is 7.74. The number of rotatable bonds is 5. The third-order valence-electron chi connectivity index (χ3n) is 3.93. The van der Waals surface area contributed by atoms with Crippen molar-refractivity contribution in [1.29, 1.82) is 0 Å². The van der Waals surface area contributed by atoms with Gasteiger partial charge in [0.15, 0.2) is 6.54 Å². The fraction of sp³-hybridized carbons (Fsp3) is 0.500. The average Bonchev–Trinajstić information content (AvgIpc) is 2.51. The molecule has 0 radical (unpaired) electrons. The second kappa shape index (κ2) is 8.26. The highest BCUT2D eigenvalue weighted by Crippen LogP contribution is 2.22. The number of halogens is 2. The van der Waals surface area contributed by atoms with Crippen molar-refractivity contribution in [3.63, 3.8) is 0 Å². The maximum Gasteiger partial charge on any atom is 0.309 e. The van der Waals surface area contributed by atoms with E-state index in [1.54, 1.807) is 6.92 Å². The molecule has 0 aliphatic carbocycles. The lowest BCUT2D eigenvalue weighted by molar-refractivity contribution is -0.897. The maximum absolute atomic E-state index is 13.0. The first-order chi connectivity index (χ1) is 11.0. The number of quaternary nitrogens is 1. The number of hydrogen-bond acceptors (Lipinski definition) is 3. The van der Waals surface area contributed by atoms with Gasteiger partial charge in [0, 0.05) is 12.8 Å². The van der Waals surface area contributed by atoms with Crippen LogP contribution in [-0.2, 0) is 14.3 Å². The van der Waals surface area contributed by atoms with Crippen molar-refractivity contribution in [2.24, 2.45) is 5.92 Å². The molecule has 1 aromatic rings. The zero-order valence-electron chi connectivity index (χ0n) is 13.0. The molecule has 1 amide bonds. The molecular formula is C16H21ClFN2O3+. The van der Waals surface area contributed by atoms with Crippen LogP contribution in [0.15, 0.2) is 18.2 Å². The Morgan fingerprint density at radius 2 is 2.09 bits per heavy atom. The number of nitrogens with one attached hydrogen (secondary N) is 2. The summed E-state index contributed by atoms with van der Waals surface area (Å²) in [6.07, 6.45) is 1.44. The fourth-order valence-electron chi connectivity index (χ4n) is 2.71. The number of carbonyl (C=O) groups excluding carboxylic acids is 2. The molecule has 1 heterocycles. The number of carbonyl (C=O) groups is 2. The zero-order valence-corrected chi connectivity index (χ0v) is 13.8. The third kappa shape index (κ3) is 5.18. The first kappa shape index (κ1) is 17.7. The van der Waals surface area contributed by atoms with Gasteiger partial charge in [-0.15, -0.1) is 0 Å². The van der Waals surface area contributed by atoms with Gasteiger partial charge in [0.1, 0.15) is 5.82 Å². The minimum atomic E-state index is -0.445. The molecular weight excluding hydrogens is 323 g/mol. The zero-order chi connectivity index (χ0) is 16.8. The summed E-state index contributed by atoms with van der Waals surface area (Å²) in [7, 11) is 0. The fourth-order valence-corrected chi connectivity index (χ4v) is 2.93. The molecule has 126 valence electrons. The van der Waals surface area contributed by atoms with Crippen LogP contribution in [0.2, 0.25) is 5.02 Å². The second-order valence-electron chi connectivity index (χ2n) is 5.63. The van der Waals surface area contributed by atoms with Gasteiger partial charge in [0.05, 0.1) is 36.3 Å². The van der Waals surface area contributed by atoms with Gasteiger partial charge >= 0.3 is 5.97 Å². The summed E-state index contributed by atoms with van der Waals surface area (Å²) in [5.74, 6) is -0.829. The number of esters is 1. The van der Waals surface area contributed by atoms with Crippen molar-refractivity contribution in [2.75, 3.05) is 31.6 Å². The standard InChI is InChI=1S/C16H20ClFN2O3/c1-2-23-16(22)11-5-7-20(8-6-11)10-15(21)19-14-4-3-12(18)9-13(14)17/h3-4,9,11H,2,5-8,10H2,1H3,(H,19,21)/p+1. The van der Waals surface area contributed by atoms with E-state index in [1.807, 2.05) is 0 Å². The van der Waals surface area contributed by atoms with Gasteiger partial charge in [-0.25, -0.2) is 4.39 Å². The van der Waals surface area contributed by atoms with Crippen LogP contribution in [0.4, 0.5) is 10.1 Å². The number of likely N-dealkylation sites (tertiary alicyclic amines) is 1. The highest BCUT2D eigenvalue weighted by atomic mass is 35.5. The van der Waals surface area contributed by atoms with Gasteiger partial charge in [0.25, 0.3) is 5.91 Å². The van der Waals surface area contributed by atoms with Crippen LogP contribution in [0.1, 0.15) is 19.8 Å². The predicted molar refractivity (Wildman–Crippen MR) is 85.0 cm³/mol. The Kier molecular flexibility index (Phi) is 6.36. The lowest BCUT2D eigenvalue weighted by Gasteiger charge is -2.27. The molecule has 7 heteroatoms. The quantitative estimate of drug-likeness (QED) is 0.792. The molecule has 0 saturated carbocycles. The van der Waals surface area contributed by atoms with Gasteiger partial charge in [-0.2, -0.15) is 0 Å². The van der Waals surface area contributed by atoms with E-state index in [0.717, 1.165) is 36.9 Å². The number of ether oxygens (including phenoxy) is 1. The molecule has 0 atom stereocenters. The molecule has 23 heavy (non-hydrogen) atoms. The van der Waals surface area contributed by atoms with Crippen molar-refractivity contribution >= 4 is 29.2 Å². The summed E-state index contributed by atoms with van der Waals surface area (Å²) in [5, 5.41) is 2.86. The molecule has 2 N–H and O–H groups in total. The molecule has 1 fully saturated rings. The van der Waals surface area contributed by atoms with Crippen LogP contribution in [0.3, 0.4) is 0 Å². The molecule has 5 nitrogen and oxygen atoms in total. The number of hydrogen-bond donors (Lipinski definition) is 2.